The summed E-state index contributed by atoms with van der Waals surface area (Å²) in [6.07, 6.45) is 0. The smallest absolute Gasteiger partial charge is 0.256 e. The molecule has 0 aliphatic carbocycles. The summed E-state index contributed by atoms with van der Waals surface area (Å²) in [5.74, 6) is 0.967. The molecule has 28 heavy (non-hydrogen) atoms. The van der Waals surface area contributed by atoms with Gasteiger partial charge in [-0.05, 0) is 48.5 Å². The van der Waals surface area contributed by atoms with Crippen molar-refractivity contribution >= 4 is 34.8 Å². The predicted molar refractivity (Wildman–Crippen MR) is 107 cm³/mol. The largest absolute Gasteiger partial charge is 0.497 e. The van der Waals surface area contributed by atoms with Crippen molar-refractivity contribution in [3.05, 3.63) is 66.2 Å². The van der Waals surface area contributed by atoms with E-state index in [1.54, 1.807) is 55.6 Å². The number of aromatic nitrogens is 2. The van der Waals surface area contributed by atoms with Crippen molar-refractivity contribution in [3.8, 4) is 5.75 Å². The maximum absolute atomic E-state index is 12.3. The molecule has 0 saturated heterocycles. The van der Waals surface area contributed by atoms with Crippen molar-refractivity contribution < 1.29 is 14.3 Å². The van der Waals surface area contributed by atoms with Gasteiger partial charge in [0.2, 0.25) is 5.91 Å². The van der Waals surface area contributed by atoms with Crippen LogP contribution in [-0.4, -0.2) is 29.1 Å². The Labute approximate surface area is 161 Å². The molecule has 3 rings (SSSR count). The minimum Gasteiger partial charge on any atom is -0.497 e. The van der Waals surface area contributed by atoms with Gasteiger partial charge in [-0.15, -0.1) is 10.2 Å². The third-order valence-electron chi connectivity index (χ3n) is 3.69. The zero-order chi connectivity index (χ0) is 19.9. The van der Waals surface area contributed by atoms with E-state index >= 15 is 0 Å². The summed E-state index contributed by atoms with van der Waals surface area (Å²) in [5.41, 5.74) is 1.87. The van der Waals surface area contributed by atoms with Crippen LogP contribution in [0.15, 0.2) is 60.7 Å². The third-order valence-corrected chi connectivity index (χ3v) is 3.69. The highest BCUT2D eigenvalue weighted by Crippen LogP contribution is 2.19. The van der Waals surface area contributed by atoms with Gasteiger partial charge in [0.1, 0.15) is 5.75 Å². The van der Waals surface area contributed by atoms with E-state index in [0.717, 1.165) is 5.69 Å². The number of hydrogen-bond acceptors (Lipinski definition) is 6. The summed E-state index contributed by atoms with van der Waals surface area (Å²) in [5, 5.41) is 16.6. The summed E-state index contributed by atoms with van der Waals surface area (Å²) in [6, 6.07) is 17.4. The molecule has 1 aromatic heterocycles. The first-order valence-corrected chi connectivity index (χ1v) is 8.47. The molecule has 8 nitrogen and oxygen atoms in total. The lowest BCUT2D eigenvalue weighted by molar-refractivity contribution is -0.114. The lowest BCUT2D eigenvalue weighted by Crippen LogP contribution is -2.13. The molecule has 0 bridgehead atoms. The third kappa shape index (κ3) is 5.04. The molecule has 0 aliphatic heterocycles. The Kier molecular flexibility index (Phi) is 5.81. The molecule has 1 heterocycles. The lowest BCUT2D eigenvalue weighted by atomic mass is 10.2. The second kappa shape index (κ2) is 8.63. The predicted octanol–water partition coefficient (Wildman–Crippen LogP) is 3.44. The number of ether oxygens (including phenoxy) is 1. The number of benzene rings is 2. The maximum atomic E-state index is 12.3. The molecule has 3 aromatic rings. The Hall–Kier alpha value is -3.94. The van der Waals surface area contributed by atoms with Gasteiger partial charge < -0.3 is 20.7 Å². The number of methoxy groups -OCH3 is 1. The van der Waals surface area contributed by atoms with Crippen molar-refractivity contribution in [3.63, 3.8) is 0 Å². The van der Waals surface area contributed by atoms with E-state index in [2.05, 4.69) is 26.1 Å². The van der Waals surface area contributed by atoms with Crippen molar-refractivity contribution in [2.45, 2.75) is 6.92 Å². The molecule has 8 heteroatoms. The Morgan fingerprint density at radius 2 is 1.57 bits per heavy atom. The van der Waals surface area contributed by atoms with Crippen LogP contribution < -0.4 is 20.7 Å². The van der Waals surface area contributed by atoms with Gasteiger partial charge in [0.15, 0.2) is 11.6 Å². The number of hydrogen-bond donors (Lipinski definition) is 3. The summed E-state index contributed by atoms with van der Waals surface area (Å²) in [4.78, 5) is 23.5. The molecule has 0 atom stereocenters. The molecule has 0 aliphatic rings. The number of carbonyl (C=O) groups excluding carboxylic acids is 2. The Morgan fingerprint density at radius 1 is 0.857 bits per heavy atom. The fraction of sp³-hybridized carbons (Fsp3) is 0.100. The van der Waals surface area contributed by atoms with Crippen LogP contribution in [0.4, 0.5) is 23.0 Å². The number of anilines is 4. The minimum absolute atomic E-state index is 0.145. The van der Waals surface area contributed by atoms with Gasteiger partial charge in [-0.3, -0.25) is 9.59 Å². The topological polar surface area (TPSA) is 105 Å². The van der Waals surface area contributed by atoms with Gasteiger partial charge in [0.25, 0.3) is 5.91 Å². The van der Waals surface area contributed by atoms with Gasteiger partial charge >= 0.3 is 0 Å². The minimum atomic E-state index is -0.308. The highest BCUT2D eigenvalue weighted by molar-refractivity contribution is 6.04. The standard InChI is InChI=1S/C20H19N5O3/c1-13(26)21-15-6-4-7-16(12-15)22-18-9-10-19(25-24-18)23-20(27)14-5-3-8-17(11-14)28-2/h3-12H,1-2H3,(H,21,26)(H,22,24)(H,23,25,27). The highest BCUT2D eigenvalue weighted by Gasteiger charge is 2.08. The number of carbonyl (C=O) groups is 2. The van der Waals surface area contributed by atoms with E-state index in [1.165, 1.54) is 6.92 Å². The Morgan fingerprint density at radius 3 is 2.29 bits per heavy atom. The van der Waals surface area contributed by atoms with Crippen LogP contribution in [0.1, 0.15) is 17.3 Å². The van der Waals surface area contributed by atoms with E-state index in [4.69, 9.17) is 4.74 Å². The van der Waals surface area contributed by atoms with Crippen LogP contribution in [0, 0.1) is 0 Å². The van der Waals surface area contributed by atoms with Crippen molar-refractivity contribution in [1.82, 2.24) is 10.2 Å². The number of nitrogens with one attached hydrogen (secondary N) is 3. The molecular weight excluding hydrogens is 358 g/mol. The molecular formula is C20H19N5O3. The van der Waals surface area contributed by atoms with Crippen LogP contribution in [0.5, 0.6) is 5.75 Å². The first kappa shape index (κ1) is 18.8. The molecule has 142 valence electrons. The molecule has 0 radical (unpaired) electrons. The zero-order valence-electron chi connectivity index (χ0n) is 15.4. The average Bonchev–Trinajstić information content (AvgIpc) is 2.69. The van der Waals surface area contributed by atoms with Crippen molar-refractivity contribution in [1.29, 1.82) is 0 Å². The number of rotatable bonds is 6. The fourth-order valence-corrected chi connectivity index (χ4v) is 2.44. The van der Waals surface area contributed by atoms with Crippen molar-refractivity contribution in [2.75, 3.05) is 23.1 Å². The molecule has 2 aromatic carbocycles. The Bertz CT molecular complexity index is 989. The summed E-state index contributed by atoms with van der Waals surface area (Å²) in [6.45, 7) is 1.45. The van der Waals surface area contributed by atoms with E-state index in [0.29, 0.717) is 28.6 Å². The van der Waals surface area contributed by atoms with Crippen LogP contribution in [-0.2, 0) is 4.79 Å². The summed E-state index contributed by atoms with van der Waals surface area (Å²) >= 11 is 0. The van der Waals surface area contributed by atoms with Crippen LogP contribution in [0.2, 0.25) is 0 Å². The van der Waals surface area contributed by atoms with E-state index < -0.39 is 0 Å². The quantitative estimate of drug-likeness (QED) is 0.608. The van der Waals surface area contributed by atoms with E-state index in [9.17, 15) is 9.59 Å². The summed E-state index contributed by atoms with van der Waals surface area (Å²) in [7, 11) is 1.54. The first-order valence-electron chi connectivity index (χ1n) is 8.47. The molecule has 0 fully saturated rings. The average molecular weight is 377 g/mol. The normalized spacial score (nSPS) is 10.1. The molecule has 3 N–H and O–H groups in total. The first-order chi connectivity index (χ1) is 13.5. The van der Waals surface area contributed by atoms with Crippen molar-refractivity contribution in [2.24, 2.45) is 0 Å². The second-order valence-electron chi connectivity index (χ2n) is 5.88. The van der Waals surface area contributed by atoms with Gasteiger partial charge in [0.05, 0.1) is 7.11 Å². The lowest BCUT2D eigenvalue weighted by Gasteiger charge is -2.09. The van der Waals surface area contributed by atoms with E-state index in [1.807, 2.05) is 12.1 Å². The number of nitrogens with zero attached hydrogens (tertiary/aromatic N) is 2. The maximum Gasteiger partial charge on any atom is 0.256 e. The van der Waals surface area contributed by atoms with Gasteiger partial charge in [-0.1, -0.05) is 12.1 Å². The SMILES string of the molecule is COc1cccc(C(=O)Nc2ccc(Nc3cccc(NC(C)=O)c3)nn2)c1. The van der Waals surface area contributed by atoms with Gasteiger partial charge in [0, 0.05) is 23.9 Å². The molecule has 0 saturated carbocycles. The van der Waals surface area contributed by atoms with Crippen LogP contribution in [0.3, 0.4) is 0 Å². The fourth-order valence-electron chi connectivity index (χ4n) is 2.44. The van der Waals surface area contributed by atoms with Gasteiger partial charge in [-0.2, -0.15) is 0 Å². The molecule has 0 unspecified atom stereocenters. The van der Waals surface area contributed by atoms with Crippen LogP contribution >= 0.6 is 0 Å². The zero-order valence-corrected chi connectivity index (χ0v) is 15.4. The number of amides is 2. The monoisotopic (exact) mass is 377 g/mol. The molecule has 2 amide bonds. The molecule has 0 spiro atoms. The Balaban J connectivity index is 1.65. The highest BCUT2D eigenvalue weighted by atomic mass is 16.5. The van der Waals surface area contributed by atoms with Gasteiger partial charge in [-0.25, -0.2) is 0 Å². The second-order valence-corrected chi connectivity index (χ2v) is 5.88. The van der Waals surface area contributed by atoms with Crippen LogP contribution in [0.25, 0.3) is 0 Å². The van der Waals surface area contributed by atoms with E-state index in [-0.39, 0.29) is 11.8 Å². The summed E-state index contributed by atoms with van der Waals surface area (Å²) < 4.78 is 5.12.